The fraction of sp³-hybridized carbons (Fsp3) is 0.143. The van der Waals surface area contributed by atoms with Gasteiger partial charge in [0.15, 0.2) is 0 Å². The lowest BCUT2D eigenvalue weighted by Crippen LogP contribution is -2.12. The molecular formula is C14H12Br2FNO. The molecule has 0 atom stereocenters. The van der Waals surface area contributed by atoms with Crippen molar-refractivity contribution in [2.45, 2.75) is 0 Å². The zero-order valence-electron chi connectivity index (χ0n) is 10.00. The third kappa shape index (κ3) is 4.21. The maximum absolute atomic E-state index is 13.1. The van der Waals surface area contributed by atoms with E-state index in [9.17, 15) is 4.39 Å². The van der Waals surface area contributed by atoms with Gasteiger partial charge in [-0.05, 0) is 56.1 Å². The lowest BCUT2D eigenvalue weighted by Gasteiger charge is -2.11. The smallest absolute Gasteiger partial charge is 0.136 e. The number of ether oxygens (including phenoxy) is 1. The zero-order valence-corrected chi connectivity index (χ0v) is 13.2. The van der Waals surface area contributed by atoms with Gasteiger partial charge in [-0.3, -0.25) is 0 Å². The van der Waals surface area contributed by atoms with E-state index >= 15 is 0 Å². The number of hydrogen-bond acceptors (Lipinski definition) is 2. The van der Waals surface area contributed by atoms with E-state index in [1.165, 1.54) is 12.1 Å². The standard InChI is InChI=1S/C14H12Br2FNO/c15-11-3-1-2-4-13(11)18-7-8-19-14-9-10(17)5-6-12(14)16/h1-6,9,18H,7-8H2. The molecule has 19 heavy (non-hydrogen) atoms. The summed E-state index contributed by atoms with van der Waals surface area (Å²) in [7, 11) is 0. The minimum atomic E-state index is -0.308. The van der Waals surface area contributed by atoms with Gasteiger partial charge in [0.25, 0.3) is 0 Å². The van der Waals surface area contributed by atoms with Crippen LogP contribution in [0.5, 0.6) is 5.75 Å². The number of benzene rings is 2. The van der Waals surface area contributed by atoms with Crippen molar-refractivity contribution in [2.75, 3.05) is 18.5 Å². The molecule has 0 amide bonds. The lowest BCUT2D eigenvalue weighted by atomic mass is 10.3. The SMILES string of the molecule is Fc1ccc(Br)c(OCCNc2ccccc2Br)c1. The molecule has 0 bridgehead atoms. The number of rotatable bonds is 5. The molecule has 0 unspecified atom stereocenters. The Labute approximate surface area is 128 Å². The summed E-state index contributed by atoms with van der Waals surface area (Å²) in [6, 6.07) is 12.2. The molecule has 0 heterocycles. The van der Waals surface area contributed by atoms with Crippen LogP contribution in [0.15, 0.2) is 51.4 Å². The number of anilines is 1. The van der Waals surface area contributed by atoms with Gasteiger partial charge in [0, 0.05) is 22.8 Å². The number of nitrogens with one attached hydrogen (secondary N) is 1. The minimum Gasteiger partial charge on any atom is -0.490 e. The van der Waals surface area contributed by atoms with Crippen LogP contribution in [0.25, 0.3) is 0 Å². The van der Waals surface area contributed by atoms with Gasteiger partial charge >= 0.3 is 0 Å². The molecule has 0 spiro atoms. The van der Waals surface area contributed by atoms with E-state index in [0.29, 0.717) is 18.9 Å². The monoisotopic (exact) mass is 387 g/mol. The number of hydrogen-bond donors (Lipinski definition) is 1. The molecule has 0 aliphatic heterocycles. The lowest BCUT2D eigenvalue weighted by molar-refractivity contribution is 0.329. The average Bonchev–Trinajstić information content (AvgIpc) is 2.40. The maximum Gasteiger partial charge on any atom is 0.136 e. The fourth-order valence-corrected chi connectivity index (χ4v) is 2.33. The van der Waals surface area contributed by atoms with Crippen LogP contribution in [0.4, 0.5) is 10.1 Å². The molecule has 2 rings (SSSR count). The van der Waals surface area contributed by atoms with Gasteiger partial charge in [0.1, 0.15) is 18.2 Å². The Hall–Kier alpha value is -1.07. The second kappa shape index (κ2) is 6.91. The topological polar surface area (TPSA) is 21.3 Å². The molecule has 0 aliphatic carbocycles. The van der Waals surface area contributed by atoms with Crippen LogP contribution in [0, 0.1) is 5.82 Å². The van der Waals surface area contributed by atoms with E-state index in [4.69, 9.17) is 4.74 Å². The van der Waals surface area contributed by atoms with Crippen LogP contribution in [-0.4, -0.2) is 13.2 Å². The predicted molar refractivity (Wildman–Crippen MR) is 82.2 cm³/mol. The Kier molecular flexibility index (Phi) is 5.22. The third-order valence-electron chi connectivity index (χ3n) is 2.44. The molecule has 2 nitrogen and oxygen atoms in total. The predicted octanol–water partition coefficient (Wildman–Crippen LogP) is 4.84. The van der Waals surface area contributed by atoms with E-state index in [-0.39, 0.29) is 5.82 Å². The van der Waals surface area contributed by atoms with Crippen molar-refractivity contribution in [3.63, 3.8) is 0 Å². The summed E-state index contributed by atoms with van der Waals surface area (Å²) in [5, 5.41) is 3.24. The molecule has 0 radical (unpaired) electrons. The summed E-state index contributed by atoms with van der Waals surface area (Å²) in [6.45, 7) is 1.08. The molecule has 0 saturated carbocycles. The van der Waals surface area contributed by atoms with Gasteiger partial charge in [0.05, 0.1) is 4.47 Å². The molecule has 2 aromatic rings. The Bertz CT molecular complexity index is 563. The highest BCUT2D eigenvalue weighted by Gasteiger charge is 2.03. The summed E-state index contributed by atoms with van der Waals surface area (Å²) in [6.07, 6.45) is 0. The molecule has 0 saturated heterocycles. The molecule has 100 valence electrons. The Balaban J connectivity index is 1.84. The first-order valence-electron chi connectivity index (χ1n) is 5.73. The second-order valence-electron chi connectivity index (χ2n) is 3.83. The second-order valence-corrected chi connectivity index (χ2v) is 5.54. The highest BCUT2D eigenvalue weighted by Crippen LogP contribution is 2.25. The Morgan fingerprint density at radius 2 is 1.84 bits per heavy atom. The first-order chi connectivity index (χ1) is 9.16. The van der Waals surface area contributed by atoms with Crippen molar-refractivity contribution < 1.29 is 9.13 Å². The maximum atomic E-state index is 13.1. The Morgan fingerprint density at radius 1 is 1.05 bits per heavy atom. The van der Waals surface area contributed by atoms with Crippen molar-refractivity contribution in [1.82, 2.24) is 0 Å². The van der Waals surface area contributed by atoms with Crippen molar-refractivity contribution in [3.05, 3.63) is 57.2 Å². The number of halogens is 3. The third-order valence-corrected chi connectivity index (χ3v) is 3.79. The molecule has 0 fully saturated rings. The largest absolute Gasteiger partial charge is 0.490 e. The van der Waals surface area contributed by atoms with Gasteiger partial charge in [0.2, 0.25) is 0 Å². The van der Waals surface area contributed by atoms with Crippen LogP contribution in [0.1, 0.15) is 0 Å². The minimum absolute atomic E-state index is 0.308. The average molecular weight is 389 g/mol. The van der Waals surface area contributed by atoms with Crippen LogP contribution < -0.4 is 10.1 Å². The van der Waals surface area contributed by atoms with Crippen molar-refractivity contribution in [3.8, 4) is 5.75 Å². The van der Waals surface area contributed by atoms with Crippen LogP contribution in [0.2, 0.25) is 0 Å². The highest BCUT2D eigenvalue weighted by molar-refractivity contribution is 9.11. The van der Waals surface area contributed by atoms with Gasteiger partial charge in [-0.1, -0.05) is 12.1 Å². The van der Waals surface area contributed by atoms with E-state index in [2.05, 4.69) is 37.2 Å². The first-order valence-corrected chi connectivity index (χ1v) is 7.31. The van der Waals surface area contributed by atoms with Gasteiger partial charge < -0.3 is 10.1 Å². The van der Waals surface area contributed by atoms with Gasteiger partial charge in [-0.2, -0.15) is 0 Å². The summed E-state index contributed by atoms with van der Waals surface area (Å²) in [5.41, 5.74) is 1.00. The molecule has 0 aliphatic rings. The van der Waals surface area contributed by atoms with E-state index < -0.39 is 0 Å². The highest BCUT2D eigenvalue weighted by atomic mass is 79.9. The van der Waals surface area contributed by atoms with E-state index in [1.807, 2.05) is 24.3 Å². The van der Waals surface area contributed by atoms with Crippen LogP contribution in [0.3, 0.4) is 0 Å². The fourth-order valence-electron chi connectivity index (χ4n) is 1.54. The van der Waals surface area contributed by atoms with E-state index in [0.717, 1.165) is 14.6 Å². The number of para-hydroxylation sites is 1. The summed E-state index contributed by atoms with van der Waals surface area (Å²) < 4.78 is 20.3. The van der Waals surface area contributed by atoms with Crippen LogP contribution >= 0.6 is 31.9 Å². The molecule has 0 aromatic heterocycles. The zero-order chi connectivity index (χ0) is 13.7. The molecule has 2 aromatic carbocycles. The van der Waals surface area contributed by atoms with Crippen molar-refractivity contribution in [2.24, 2.45) is 0 Å². The van der Waals surface area contributed by atoms with Crippen molar-refractivity contribution in [1.29, 1.82) is 0 Å². The summed E-state index contributed by atoms with van der Waals surface area (Å²) >= 11 is 6.77. The molecule has 5 heteroatoms. The summed E-state index contributed by atoms with van der Waals surface area (Å²) in [4.78, 5) is 0. The molecule has 1 N–H and O–H groups in total. The quantitative estimate of drug-likeness (QED) is 0.740. The van der Waals surface area contributed by atoms with Gasteiger partial charge in [-0.25, -0.2) is 4.39 Å². The van der Waals surface area contributed by atoms with Gasteiger partial charge in [-0.15, -0.1) is 0 Å². The first kappa shape index (κ1) is 14.3. The Morgan fingerprint density at radius 3 is 2.63 bits per heavy atom. The van der Waals surface area contributed by atoms with E-state index in [1.54, 1.807) is 6.07 Å². The van der Waals surface area contributed by atoms with Crippen molar-refractivity contribution >= 4 is 37.5 Å². The summed E-state index contributed by atoms with van der Waals surface area (Å²) in [5.74, 6) is 0.200. The normalized spacial score (nSPS) is 10.3. The van der Waals surface area contributed by atoms with Crippen LogP contribution in [-0.2, 0) is 0 Å². The molecular weight excluding hydrogens is 377 g/mol.